The fraction of sp³-hybridized carbons (Fsp3) is 0.500. The van der Waals surface area contributed by atoms with Crippen molar-refractivity contribution in [2.75, 3.05) is 12.4 Å². The number of anilines is 1. The van der Waals surface area contributed by atoms with Gasteiger partial charge in [-0.3, -0.25) is 0 Å². The molecule has 3 rings (SSSR count). The van der Waals surface area contributed by atoms with Crippen molar-refractivity contribution in [1.82, 2.24) is 4.98 Å². The normalized spacial score (nSPS) is 23.4. The van der Waals surface area contributed by atoms with E-state index in [0.717, 1.165) is 22.3 Å². The van der Waals surface area contributed by atoms with Crippen LogP contribution in [0.25, 0.3) is 10.2 Å². The minimum Gasteiger partial charge on any atom is -0.497 e. The summed E-state index contributed by atoms with van der Waals surface area (Å²) in [7, 11) is 1.70. The summed E-state index contributed by atoms with van der Waals surface area (Å²) in [6.45, 7) is 2.32. The number of nitrogens with zero attached hydrogens (tertiary/aromatic N) is 1. The van der Waals surface area contributed by atoms with Crippen molar-refractivity contribution < 1.29 is 4.74 Å². The minimum absolute atomic E-state index is 0.599. The third-order valence-corrected chi connectivity index (χ3v) is 4.57. The van der Waals surface area contributed by atoms with Gasteiger partial charge in [-0.25, -0.2) is 4.98 Å². The van der Waals surface area contributed by atoms with Crippen molar-refractivity contribution in [3.63, 3.8) is 0 Å². The van der Waals surface area contributed by atoms with Gasteiger partial charge in [0.1, 0.15) is 5.75 Å². The molecule has 18 heavy (non-hydrogen) atoms. The average molecular weight is 262 g/mol. The first-order valence-electron chi connectivity index (χ1n) is 6.45. The third-order valence-electron chi connectivity index (χ3n) is 3.62. The Balaban J connectivity index is 1.80. The number of benzene rings is 1. The predicted octanol–water partition coefficient (Wildman–Crippen LogP) is 3.91. The molecular weight excluding hydrogens is 244 g/mol. The zero-order valence-corrected chi connectivity index (χ0v) is 11.6. The zero-order valence-electron chi connectivity index (χ0n) is 10.8. The fourth-order valence-electron chi connectivity index (χ4n) is 2.61. The van der Waals surface area contributed by atoms with Crippen LogP contribution < -0.4 is 10.1 Å². The number of ether oxygens (including phenoxy) is 1. The van der Waals surface area contributed by atoms with Gasteiger partial charge < -0.3 is 10.1 Å². The Bertz CT molecular complexity index is 552. The van der Waals surface area contributed by atoms with Crippen LogP contribution in [0, 0.1) is 5.92 Å². The lowest BCUT2D eigenvalue weighted by Gasteiger charge is -2.10. The monoisotopic (exact) mass is 262 g/mol. The molecule has 0 bridgehead atoms. The molecule has 0 aliphatic heterocycles. The largest absolute Gasteiger partial charge is 0.497 e. The van der Waals surface area contributed by atoms with Crippen molar-refractivity contribution in [3.8, 4) is 5.75 Å². The summed E-state index contributed by atoms with van der Waals surface area (Å²) in [6, 6.07) is 6.63. The van der Waals surface area contributed by atoms with Gasteiger partial charge in [-0.05, 0) is 43.4 Å². The smallest absolute Gasteiger partial charge is 0.184 e. The summed E-state index contributed by atoms with van der Waals surface area (Å²) in [5, 5.41) is 4.60. The van der Waals surface area contributed by atoms with Crippen molar-refractivity contribution >= 4 is 26.7 Å². The number of nitrogens with one attached hydrogen (secondary N) is 1. The molecule has 1 N–H and O–H groups in total. The standard InChI is InChI=1S/C14H18N2OS/c1-9-3-4-10(7-9)15-14-16-12-6-5-11(17-2)8-13(12)18-14/h5-6,8-10H,3-4,7H2,1-2H3,(H,15,16). The van der Waals surface area contributed by atoms with Gasteiger partial charge in [0.25, 0.3) is 0 Å². The lowest BCUT2D eigenvalue weighted by atomic mass is 10.1. The molecule has 1 saturated carbocycles. The van der Waals surface area contributed by atoms with Crippen LogP contribution in [-0.2, 0) is 0 Å². The SMILES string of the molecule is COc1ccc2nc(NC3CCC(C)C3)sc2c1. The first-order chi connectivity index (χ1) is 8.74. The number of hydrogen-bond donors (Lipinski definition) is 1. The minimum atomic E-state index is 0.599. The van der Waals surface area contributed by atoms with E-state index >= 15 is 0 Å². The van der Waals surface area contributed by atoms with E-state index in [1.165, 1.54) is 24.0 Å². The second-order valence-electron chi connectivity index (χ2n) is 5.11. The highest BCUT2D eigenvalue weighted by molar-refractivity contribution is 7.22. The Morgan fingerprint density at radius 1 is 1.39 bits per heavy atom. The molecule has 0 saturated heterocycles. The number of aromatic nitrogens is 1. The maximum Gasteiger partial charge on any atom is 0.184 e. The van der Waals surface area contributed by atoms with Crippen LogP contribution in [0.5, 0.6) is 5.75 Å². The molecule has 2 unspecified atom stereocenters. The summed E-state index contributed by atoms with van der Waals surface area (Å²) in [5.41, 5.74) is 1.05. The van der Waals surface area contributed by atoms with Crippen LogP contribution in [0.1, 0.15) is 26.2 Å². The van der Waals surface area contributed by atoms with Crippen LogP contribution >= 0.6 is 11.3 Å². The van der Waals surface area contributed by atoms with Crippen molar-refractivity contribution in [3.05, 3.63) is 18.2 Å². The molecule has 96 valence electrons. The van der Waals surface area contributed by atoms with Crippen LogP contribution in [0.15, 0.2) is 18.2 Å². The number of thiazole rings is 1. The maximum atomic E-state index is 5.24. The summed E-state index contributed by atoms with van der Waals surface area (Å²) in [5.74, 6) is 1.74. The number of hydrogen-bond acceptors (Lipinski definition) is 4. The van der Waals surface area contributed by atoms with Crippen molar-refractivity contribution in [2.45, 2.75) is 32.2 Å². The van der Waals surface area contributed by atoms with Gasteiger partial charge in [0.2, 0.25) is 0 Å². The number of methoxy groups -OCH3 is 1. The molecule has 1 aromatic carbocycles. The highest BCUT2D eigenvalue weighted by Crippen LogP contribution is 2.32. The molecular formula is C14H18N2OS. The van der Waals surface area contributed by atoms with Gasteiger partial charge in [0.05, 0.1) is 17.3 Å². The predicted molar refractivity (Wildman–Crippen MR) is 76.6 cm³/mol. The van der Waals surface area contributed by atoms with Crippen LogP contribution in [-0.4, -0.2) is 18.1 Å². The van der Waals surface area contributed by atoms with Gasteiger partial charge in [-0.1, -0.05) is 18.3 Å². The van der Waals surface area contributed by atoms with E-state index in [-0.39, 0.29) is 0 Å². The number of fused-ring (bicyclic) bond motifs is 1. The first-order valence-corrected chi connectivity index (χ1v) is 7.27. The Kier molecular flexibility index (Phi) is 3.12. The Labute approximate surface area is 111 Å². The van der Waals surface area contributed by atoms with Crippen LogP contribution in [0.4, 0.5) is 5.13 Å². The van der Waals surface area contributed by atoms with E-state index in [2.05, 4.69) is 23.3 Å². The van der Waals surface area contributed by atoms with E-state index in [1.807, 2.05) is 12.1 Å². The van der Waals surface area contributed by atoms with E-state index in [0.29, 0.717) is 6.04 Å². The second kappa shape index (κ2) is 4.76. The van der Waals surface area contributed by atoms with E-state index in [9.17, 15) is 0 Å². The molecule has 3 nitrogen and oxygen atoms in total. The van der Waals surface area contributed by atoms with Crippen molar-refractivity contribution in [1.29, 1.82) is 0 Å². The quantitative estimate of drug-likeness (QED) is 0.910. The molecule has 0 amide bonds. The topological polar surface area (TPSA) is 34.1 Å². The van der Waals surface area contributed by atoms with Gasteiger partial charge in [-0.2, -0.15) is 0 Å². The van der Waals surface area contributed by atoms with E-state index < -0.39 is 0 Å². The molecule has 1 aromatic heterocycles. The van der Waals surface area contributed by atoms with E-state index in [1.54, 1.807) is 18.4 Å². The van der Waals surface area contributed by atoms with Gasteiger partial charge in [-0.15, -0.1) is 0 Å². The molecule has 2 aromatic rings. The Morgan fingerprint density at radius 2 is 2.28 bits per heavy atom. The highest BCUT2D eigenvalue weighted by Gasteiger charge is 2.21. The molecule has 0 radical (unpaired) electrons. The number of rotatable bonds is 3. The highest BCUT2D eigenvalue weighted by atomic mass is 32.1. The fourth-order valence-corrected chi connectivity index (χ4v) is 3.58. The summed E-state index contributed by atoms with van der Waals surface area (Å²) >= 11 is 1.71. The summed E-state index contributed by atoms with van der Waals surface area (Å²) in [6.07, 6.45) is 3.86. The molecule has 0 spiro atoms. The molecule has 4 heteroatoms. The lowest BCUT2D eigenvalue weighted by molar-refractivity contribution is 0.415. The Morgan fingerprint density at radius 3 is 3.00 bits per heavy atom. The molecule has 1 aliphatic carbocycles. The second-order valence-corrected chi connectivity index (χ2v) is 6.14. The average Bonchev–Trinajstić information content (AvgIpc) is 2.94. The van der Waals surface area contributed by atoms with Crippen LogP contribution in [0.2, 0.25) is 0 Å². The maximum absolute atomic E-state index is 5.24. The van der Waals surface area contributed by atoms with E-state index in [4.69, 9.17) is 4.74 Å². The molecule has 1 fully saturated rings. The molecule has 1 aliphatic rings. The first kappa shape index (κ1) is 11.8. The summed E-state index contributed by atoms with van der Waals surface area (Å²) in [4.78, 5) is 4.63. The summed E-state index contributed by atoms with van der Waals surface area (Å²) < 4.78 is 6.42. The lowest BCUT2D eigenvalue weighted by Crippen LogP contribution is -2.14. The van der Waals surface area contributed by atoms with Gasteiger partial charge in [0.15, 0.2) is 5.13 Å². The molecule has 1 heterocycles. The zero-order chi connectivity index (χ0) is 12.5. The van der Waals surface area contributed by atoms with Gasteiger partial charge >= 0.3 is 0 Å². The Hall–Kier alpha value is -1.29. The molecule has 2 atom stereocenters. The van der Waals surface area contributed by atoms with Gasteiger partial charge in [0, 0.05) is 6.04 Å². The van der Waals surface area contributed by atoms with Crippen LogP contribution in [0.3, 0.4) is 0 Å². The third kappa shape index (κ3) is 2.29. The van der Waals surface area contributed by atoms with Crippen molar-refractivity contribution in [2.24, 2.45) is 5.92 Å².